The Morgan fingerprint density at radius 1 is 0.441 bits per heavy atom. The fourth-order valence-electron chi connectivity index (χ4n) is 7.23. The summed E-state index contributed by atoms with van der Waals surface area (Å²) in [5, 5.41) is 40.1. The van der Waals surface area contributed by atoms with Gasteiger partial charge < -0.3 is 39.5 Å². The van der Waals surface area contributed by atoms with Crippen molar-refractivity contribution in [3.05, 3.63) is 71.8 Å². The second kappa shape index (κ2) is 42.1. The number of carbonyl (C=O) groups is 2. The van der Waals surface area contributed by atoms with E-state index in [1.807, 2.05) is 36.4 Å². The molecule has 0 radical (unpaired) electrons. The number of unbranched alkanes of at least 4 members (excludes halogenated alkanes) is 18. The van der Waals surface area contributed by atoms with Crippen LogP contribution in [0.15, 0.2) is 60.7 Å². The SMILES string of the molecule is CCCCCCCCCCCCC(CCCC(O)C(=O)[O-])OCc1ccccc1.CCCCCCCCCCCCC(CCCC(O)C(=O)[O-])OCc1ccccc1.[Ba+2]. The van der Waals surface area contributed by atoms with Gasteiger partial charge in [0.1, 0.15) is 0 Å². The zero-order valence-electron chi connectivity index (χ0n) is 37.3. The van der Waals surface area contributed by atoms with Crippen molar-refractivity contribution in [1.82, 2.24) is 0 Å². The fraction of sp³-hybridized carbons (Fsp3) is 0.720. The van der Waals surface area contributed by atoms with Crippen LogP contribution in [0.25, 0.3) is 0 Å². The smallest absolute Gasteiger partial charge is 0.547 e. The van der Waals surface area contributed by atoms with Crippen LogP contribution in [-0.2, 0) is 32.3 Å². The van der Waals surface area contributed by atoms with Crippen LogP contribution >= 0.6 is 0 Å². The average Bonchev–Trinajstić information content (AvgIpc) is 3.23. The predicted molar refractivity (Wildman–Crippen MR) is 238 cm³/mol. The molecule has 0 aliphatic heterocycles. The van der Waals surface area contributed by atoms with Gasteiger partial charge in [-0.25, -0.2) is 0 Å². The van der Waals surface area contributed by atoms with Gasteiger partial charge in [-0.05, 0) is 62.5 Å². The summed E-state index contributed by atoms with van der Waals surface area (Å²) in [6.45, 7) is 5.66. The van der Waals surface area contributed by atoms with Crippen molar-refractivity contribution in [2.24, 2.45) is 0 Å². The molecule has 59 heavy (non-hydrogen) atoms. The Kier molecular flexibility index (Phi) is 41.2. The van der Waals surface area contributed by atoms with E-state index in [1.165, 1.54) is 116 Å². The maximum absolute atomic E-state index is 10.7. The third-order valence-corrected chi connectivity index (χ3v) is 11.0. The van der Waals surface area contributed by atoms with Crippen LogP contribution in [0.5, 0.6) is 0 Å². The summed E-state index contributed by atoms with van der Waals surface area (Å²) < 4.78 is 12.2. The second-order valence-corrected chi connectivity index (χ2v) is 16.3. The van der Waals surface area contributed by atoms with E-state index in [2.05, 4.69) is 38.1 Å². The van der Waals surface area contributed by atoms with Crippen molar-refractivity contribution < 1.29 is 39.5 Å². The van der Waals surface area contributed by atoms with E-state index in [-0.39, 0.29) is 73.9 Å². The molecule has 2 aromatic rings. The molecular weight excluding hydrogens is 866 g/mol. The van der Waals surface area contributed by atoms with Crippen molar-refractivity contribution >= 4 is 60.8 Å². The van der Waals surface area contributed by atoms with Crippen LogP contribution < -0.4 is 10.2 Å². The molecule has 8 nitrogen and oxygen atoms in total. The molecule has 0 bridgehead atoms. The minimum absolute atomic E-state index is 0. The summed E-state index contributed by atoms with van der Waals surface area (Å²) in [5.74, 6) is -2.78. The number of aliphatic hydroxyl groups excluding tert-OH is 2. The number of benzene rings is 2. The summed E-state index contributed by atoms with van der Waals surface area (Å²) in [6, 6.07) is 20.2. The first-order chi connectivity index (χ1) is 28.3. The molecule has 4 atom stereocenters. The molecule has 9 heteroatoms. The molecule has 0 aliphatic carbocycles. The number of hydrogen-bond acceptors (Lipinski definition) is 8. The largest absolute Gasteiger partial charge is 2.00 e. The number of aliphatic carboxylic acids is 2. The number of carbonyl (C=O) groups excluding carboxylic acids is 2. The number of carboxylic acid groups (broad SMARTS) is 2. The van der Waals surface area contributed by atoms with E-state index in [1.54, 1.807) is 0 Å². The Morgan fingerprint density at radius 3 is 1.00 bits per heavy atom. The molecule has 0 saturated carbocycles. The molecule has 0 saturated heterocycles. The van der Waals surface area contributed by atoms with Gasteiger partial charge in [-0.1, -0.05) is 203 Å². The zero-order valence-corrected chi connectivity index (χ0v) is 41.8. The maximum Gasteiger partial charge on any atom is 2.00 e. The molecule has 0 amide bonds. The van der Waals surface area contributed by atoms with Crippen molar-refractivity contribution in [2.45, 2.75) is 231 Å². The number of hydrogen-bond donors (Lipinski definition) is 2. The van der Waals surface area contributed by atoms with Crippen LogP contribution in [0.4, 0.5) is 0 Å². The molecule has 2 aromatic carbocycles. The number of carboxylic acids is 2. The zero-order chi connectivity index (χ0) is 42.3. The Morgan fingerprint density at radius 2 is 0.712 bits per heavy atom. The first-order valence-corrected chi connectivity index (χ1v) is 23.4. The molecule has 0 fully saturated rings. The van der Waals surface area contributed by atoms with E-state index in [0.717, 1.165) is 49.7 Å². The van der Waals surface area contributed by atoms with Gasteiger partial charge in [-0.3, -0.25) is 0 Å². The fourth-order valence-corrected chi connectivity index (χ4v) is 7.23. The van der Waals surface area contributed by atoms with Gasteiger partial charge in [-0.2, -0.15) is 0 Å². The topological polar surface area (TPSA) is 139 Å². The Bertz CT molecular complexity index is 1110. The van der Waals surface area contributed by atoms with Crippen LogP contribution in [0.1, 0.15) is 205 Å². The van der Waals surface area contributed by atoms with Gasteiger partial charge in [0.15, 0.2) is 0 Å². The molecule has 4 unspecified atom stereocenters. The molecule has 0 aliphatic rings. The molecule has 2 N–H and O–H groups in total. The summed E-state index contributed by atoms with van der Waals surface area (Å²) in [6.07, 6.45) is 28.9. The molecule has 332 valence electrons. The van der Waals surface area contributed by atoms with Gasteiger partial charge in [-0.15, -0.1) is 0 Å². The van der Waals surface area contributed by atoms with E-state index in [9.17, 15) is 30.0 Å². The van der Waals surface area contributed by atoms with Gasteiger partial charge in [0.25, 0.3) is 0 Å². The first-order valence-electron chi connectivity index (χ1n) is 23.4. The van der Waals surface area contributed by atoms with E-state index >= 15 is 0 Å². The monoisotopic (exact) mass is 949 g/mol. The summed E-state index contributed by atoms with van der Waals surface area (Å²) in [4.78, 5) is 21.3. The van der Waals surface area contributed by atoms with Crippen LogP contribution in [0, 0.1) is 0 Å². The van der Waals surface area contributed by atoms with Crippen molar-refractivity contribution in [3.8, 4) is 0 Å². The Hall–Kier alpha value is -1.21. The van der Waals surface area contributed by atoms with E-state index in [4.69, 9.17) is 9.47 Å². The molecular formula is C50H82BaO8. The van der Waals surface area contributed by atoms with Crippen molar-refractivity contribution in [1.29, 1.82) is 0 Å². The van der Waals surface area contributed by atoms with Crippen LogP contribution in [0.2, 0.25) is 0 Å². The minimum Gasteiger partial charge on any atom is -0.547 e. The van der Waals surface area contributed by atoms with Crippen LogP contribution in [-0.4, -0.2) is 95.4 Å². The van der Waals surface area contributed by atoms with Gasteiger partial charge in [0.05, 0.1) is 49.6 Å². The number of aliphatic hydroxyl groups is 2. The number of rotatable bonds is 38. The summed E-state index contributed by atoms with van der Waals surface area (Å²) >= 11 is 0. The minimum atomic E-state index is -1.39. The molecule has 0 heterocycles. The number of ether oxygens (including phenoxy) is 2. The standard InChI is InChI=1S/2C25H42O4.Ba/c2*1-2-3-4-5-6-7-8-9-10-14-18-23(19-15-20-24(26)25(27)28)29-21-22-16-12-11-13-17-22;/h2*11-13,16-17,23-24,26H,2-10,14-15,18-21H2,1H3,(H,27,28);/q;;+2/p-2. The Balaban J connectivity index is 0.00000112. The van der Waals surface area contributed by atoms with Gasteiger partial charge >= 0.3 is 48.9 Å². The third-order valence-electron chi connectivity index (χ3n) is 11.0. The summed E-state index contributed by atoms with van der Waals surface area (Å²) in [5.41, 5.74) is 2.30. The van der Waals surface area contributed by atoms with E-state index < -0.39 is 24.1 Å². The predicted octanol–water partition coefficient (Wildman–Crippen LogP) is 9.95. The summed E-state index contributed by atoms with van der Waals surface area (Å²) in [7, 11) is 0. The van der Waals surface area contributed by atoms with Crippen molar-refractivity contribution in [2.75, 3.05) is 0 Å². The normalized spacial score (nSPS) is 13.1. The van der Waals surface area contributed by atoms with Gasteiger partial charge in [0.2, 0.25) is 0 Å². The molecule has 0 aromatic heterocycles. The van der Waals surface area contributed by atoms with Gasteiger partial charge in [0, 0.05) is 0 Å². The van der Waals surface area contributed by atoms with Crippen LogP contribution in [0.3, 0.4) is 0 Å². The third kappa shape index (κ3) is 36.0. The molecule has 2 rings (SSSR count). The van der Waals surface area contributed by atoms with E-state index in [0.29, 0.717) is 26.1 Å². The maximum atomic E-state index is 10.7. The first kappa shape index (κ1) is 57.8. The quantitative estimate of drug-likeness (QED) is 0.0501. The van der Waals surface area contributed by atoms with Crippen molar-refractivity contribution in [3.63, 3.8) is 0 Å². The average molecular weight is 949 g/mol. The Labute approximate surface area is 400 Å². The molecule has 0 spiro atoms. The second-order valence-electron chi connectivity index (χ2n) is 16.3.